The second kappa shape index (κ2) is 48.4. The number of ether oxygens (including phenoxy) is 1. The number of phosphoric acid groups is 1. The lowest BCUT2D eigenvalue weighted by Gasteiger charge is -2.30. The van der Waals surface area contributed by atoms with E-state index in [-0.39, 0.29) is 31.5 Å². The summed E-state index contributed by atoms with van der Waals surface area (Å²) in [7, 11) is 1.20. The van der Waals surface area contributed by atoms with Crippen molar-refractivity contribution in [2.24, 2.45) is 0 Å². The summed E-state index contributed by atoms with van der Waals surface area (Å²) in [5.74, 6) is -0.524. The number of esters is 1. The van der Waals surface area contributed by atoms with Gasteiger partial charge in [0.2, 0.25) is 5.91 Å². The number of hydrogen-bond donors (Lipinski definition) is 1. The van der Waals surface area contributed by atoms with Crippen LogP contribution in [0.3, 0.4) is 0 Å². The number of phosphoric ester groups is 1. The summed E-state index contributed by atoms with van der Waals surface area (Å²) in [5.41, 5.74) is 0. The molecule has 0 heterocycles. The molecule has 10 heteroatoms. The molecular weight excluding hydrogens is 856 g/mol. The third-order valence-electron chi connectivity index (χ3n) is 13.2. The van der Waals surface area contributed by atoms with Gasteiger partial charge in [0.15, 0.2) is 0 Å². The molecule has 0 bridgehead atoms. The van der Waals surface area contributed by atoms with Crippen LogP contribution in [0.5, 0.6) is 0 Å². The molecule has 3 atom stereocenters. The molecule has 67 heavy (non-hydrogen) atoms. The van der Waals surface area contributed by atoms with Crippen molar-refractivity contribution in [2.45, 2.75) is 303 Å². The zero-order valence-corrected chi connectivity index (χ0v) is 46.3. The highest BCUT2D eigenvalue weighted by atomic mass is 31.2. The smallest absolute Gasteiger partial charge is 0.306 e. The van der Waals surface area contributed by atoms with E-state index in [9.17, 15) is 19.0 Å². The number of amides is 1. The van der Waals surface area contributed by atoms with Crippen LogP contribution in [0.2, 0.25) is 0 Å². The summed E-state index contributed by atoms with van der Waals surface area (Å²) in [6.45, 7) is 6.87. The van der Waals surface area contributed by atoms with Crippen molar-refractivity contribution in [3.05, 3.63) is 12.2 Å². The Morgan fingerprint density at radius 2 is 0.851 bits per heavy atom. The van der Waals surface area contributed by atoms with Crippen LogP contribution in [-0.4, -0.2) is 69.4 Å². The molecule has 1 amide bonds. The van der Waals surface area contributed by atoms with Crippen LogP contribution in [0.4, 0.5) is 0 Å². The number of nitrogens with zero attached hydrogens (tertiary/aromatic N) is 1. The Labute approximate surface area is 416 Å². The van der Waals surface area contributed by atoms with Gasteiger partial charge in [0, 0.05) is 12.8 Å². The molecule has 0 saturated carbocycles. The SMILES string of the molecule is CCCCCCCCCCCC/C=C/C(OC(=O)CCCCCCCCCCCCCCC)C(COP(=O)([O-])OCC[N+](C)(C)C)NC(=O)CCCCCCCCCCCCCCCCCC. The first-order chi connectivity index (χ1) is 32.4. The second-order valence-electron chi connectivity index (χ2n) is 21.2. The number of likely N-dealkylation sites (N-methyl/N-ethyl adjacent to an activating group) is 1. The van der Waals surface area contributed by atoms with E-state index in [1.54, 1.807) is 0 Å². The van der Waals surface area contributed by atoms with E-state index >= 15 is 0 Å². The number of rotatable bonds is 53. The van der Waals surface area contributed by atoms with Gasteiger partial charge in [-0.2, -0.15) is 0 Å². The van der Waals surface area contributed by atoms with Gasteiger partial charge >= 0.3 is 5.97 Å². The minimum atomic E-state index is -4.68. The maximum atomic E-state index is 13.5. The Morgan fingerprint density at radius 3 is 1.22 bits per heavy atom. The standard InChI is InChI=1S/C57H113N2O7P/c1-7-10-13-16-19-22-25-28-29-30-32-34-37-40-43-46-49-56(60)58-54(53-65-67(62,63)64-52-51-59(4,5)6)55(48-45-42-39-36-33-27-24-21-18-15-12-9-3)66-57(61)50-47-44-41-38-35-31-26-23-20-17-14-11-8-2/h45,48,54-55H,7-44,46-47,49-53H2,1-6H3,(H-,58,60,62,63)/b48-45+. The monoisotopic (exact) mass is 969 g/mol. The van der Waals surface area contributed by atoms with Crippen LogP contribution in [-0.2, 0) is 27.9 Å². The summed E-state index contributed by atoms with van der Waals surface area (Å²) in [6.07, 6.45) is 53.1. The maximum Gasteiger partial charge on any atom is 0.306 e. The molecule has 0 aromatic heterocycles. The number of nitrogens with one attached hydrogen (secondary N) is 1. The van der Waals surface area contributed by atoms with Gasteiger partial charge in [-0.15, -0.1) is 0 Å². The van der Waals surface area contributed by atoms with Crippen LogP contribution in [0.1, 0.15) is 290 Å². The van der Waals surface area contributed by atoms with Gasteiger partial charge in [0.05, 0.1) is 33.8 Å². The molecule has 0 fully saturated rings. The van der Waals surface area contributed by atoms with E-state index < -0.39 is 20.0 Å². The molecule has 0 aromatic carbocycles. The molecular formula is C57H113N2O7P. The van der Waals surface area contributed by atoms with Crippen LogP contribution in [0.25, 0.3) is 0 Å². The summed E-state index contributed by atoms with van der Waals surface area (Å²) >= 11 is 0. The number of quaternary nitrogens is 1. The average molecular weight is 970 g/mol. The van der Waals surface area contributed by atoms with Crippen LogP contribution >= 0.6 is 7.82 Å². The highest BCUT2D eigenvalue weighted by molar-refractivity contribution is 7.45. The first kappa shape index (κ1) is 65.8. The molecule has 3 unspecified atom stereocenters. The predicted molar refractivity (Wildman–Crippen MR) is 284 cm³/mol. The third-order valence-corrected chi connectivity index (χ3v) is 14.2. The van der Waals surface area contributed by atoms with Gasteiger partial charge in [-0.3, -0.25) is 14.2 Å². The van der Waals surface area contributed by atoms with Crippen LogP contribution < -0.4 is 10.2 Å². The van der Waals surface area contributed by atoms with Crippen molar-refractivity contribution in [2.75, 3.05) is 40.9 Å². The highest BCUT2D eigenvalue weighted by Gasteiger charge is 2.27. The highest BCUT2D eigenvalue weighted by Crippen LogP contribution is 2.38. The first-order valence-corrected chi connectivity index (χ1v) is 30.5. The molecule has 0 radical (unpaired) electrons. The first-order valence-electron chi connectivity index (χ1n) is 29.0. The topological polar surface area (TPSA) is 114 Å². The van der Waals surface area contributed by atoms with E-state index in [1.165, 1.54) is 199 Å². The van der Waals surface area contributed by atoms with Gasteiger partial charge in [-0.25, -0.2) is 0 Å². The van der Waals surface area contributed by atoms with Crippen molar-refractivity contribution in [3.8, 4) is 0 Å². The zero-order chi connectivity index (χ0) is 49.4. The summed E-state index contributed by atoms with van der Waals surface area (Å²) < 4.78 is 30.2. The van der Waals surface area contributed by atoms with Gasteiger partial charge < -0.3 is 28.5 Å². The molecule has 1 N–H and O–H groups in total. The summed E-state index contributed by atoms with van der Waals surface area (Å²) in [6, 6.07) is -0.877. The molecule has 0 spiro atoms. The van der Waals surface area contributed by atoms with E-state index in [1.807, 2.05) is 33.3 Å². The number of unbranched alkanes of at least 4 members (excludes halogenated alkanes) is 37. The molecule has 0 aliphatic heterocycles. The van der Waals surface area contributed by atoms with Crippen molar-refractivity contribution >= 4 is 19.7 Å². The minimum absolute atomic E-state index is 0.0170. The summed E-state index contributed by atoms with van der Waals surface area (Å²) in [4.78, 5) is 39.8. The normalized spacial score (nSPS) is 13.8. The predicted octanol–water partition coefficient (Wildman–Crippen LogP) is 16.6. The van der Waals surface area contributed by atoms with E-state index in [4.69, 9.17) is 13.8 Å². The van der Waals surface area contributed by atoms with Crippen LogP contribution in [0.15, 0.2) is 12.2 Å². The van der Waals surface area contributed by atoms with Crippen LogP contribution in [0, 0.1) is 0 Å². The minimum Gasteiger partial charge on any atom is -0.756 e. The zero-order valence-electron chi connectivity index (χ0n) is 45.4. The van der Waals surface area contributed by atoms with Gasteiger partial charge in [0.25, 0.3) is 7.82 Å². The molecule has 0 aromatic rings. The number of carbonyl (C=O) groups excluding carboxylic acids is 2. The Balaban J connectivity index is 5.30. The fourth-order valence-electron chi connectivity index (χ4n) is 8.70. The molecule has 0 aliphatic rings. The van der Waals surface area contributed by atoms with E-state index in [0.717, 1.165) is 57.8 Å². The second-order valence-corrected chi connectivity index (χ2v) is 22.6. The van der Waals surface area contributed by atoms with E-state index in [2.05, 4.69) is 26.1 Å². The molecule has 0 saturated heterocycles. The Kier molecular flexibility index (Phi) is 47.5. The van der Waals surface area contributed by atoms with Gasteiger partial charge in [-0.05, 0) is 31.8 Å². The number of hydrogen-bond acceptors (Lipinski definition) is 7. The van der Waals surface area contributed by atoms with E-state index in [0.29, 0.717) is 17.4 Å². The third kappa shape index (κ3) is 49.5. The molecule has 9 nitrogen and oxygen atoms in total. The van der Waals surface area contributed by atoms with Gasteiger partial charge in [0.1, 0.15) is 19.3 Å². The largest absolute Gasteiger partial charge is 0.756 e. The van der Waals surface area contributed by atoms with Crippen molar-refractivity contribution in [3.63, 3.8) is 0 Å². The Morgan fingerprint density at radius 1 is 0.507 bits per heavy atom. The quantitative estimate of drug-likeness (QED) is 0.0212. The average Bonchev–Trinajstić information content (AvgIpc) is 3.28. The maximum absolute atomic E-state index is 13.5. The fourth-order valence-corrected chi connectivity index (χ4v) is 9.42. The lowest BCUT2D eigenvalue weighted by atomic mass is 10.0. The van der Waals surface area contributed by atoms with Crippen molar-refractivity contribution < 1.29 is 37.3 Å². The lowest BCUT2D eigenvalue weighted by molar-refractivity contribution is -0.870. The lowest BCUT2D eigenvalue weighted by Crippen LogP contribution is -2.47. The molecule has 0 rings (SSSR count). The molecule has 0 aliphatic carbocycles. The number of carbonyl (C=O) groups is 2. The number of allylic oxidation sites excluding steroid dienone is 1. The van der Waals surface area contributed by atoms with Crippen molar-refractivity contribution in [1.29, 1.82) is 0 Å². The Hall–Kier alpha value is -1.25. The molecule has 398 valence electrons. The van der Waals surface area contributed by atoms with Gasteiger partial charge in [-0.1, -0.05) is 258 Å². The Bertz CT molecular complexity index is 1160. The van der Waals surface area contributed by atoms with Crippen molar-refractivity contribution in [1.82, 2.24) is 5.32 Å². The fraction of sp³-hybridized carbons (Fsp3) is 0.930. The summed E-state index contributed by atoms with van der Waals surface area (Å²) in [5, 5.41) is 3.03.